The molecular formula is C10H14N2O3. The fraction of sp³-hybridized carbons (Fsp3) is 0.400. The monoisotopic (exact) mass is 210 g/mol. The Labute approximate surface area is 88.0 Å². The number of hydrogen-bond acceptors (Lipinski definition) is 4. The van der Waals surface area contributed by atoms with Crippen LogP contribution in [-0.4, -0.2) is 22.1 Å². The van der Waals surface area contributed by atoms with E-state index in [0.29, 0.717) is 5.88 Å². The highest BCUT2D eigenvalue weighted by molar-refractivity contribution is 5.73. The van der Waals surface area contributed by atoms with E-state index in [1.165, 1.54) is 0 Å². The summed E-state index contributed by atoms with van der Waals surface area (Å²) in [6, 6.07) is 4.41. The molecule has 0 fully saturated rings. The van der Waals surface area contributed by atoms with Gasteiger partial charge in [0.1, 0.15) is 6.04 Å². The lowest BCUT2D eigenvalue weighted by Gasteiger charge is -2.17. The molecule has 0 aliphatic heterocycles. The van der Waals surface area contributed by atoms with Crippen LogP contribution in [0.25, 0.3) is 0 Å². The van der Waals surface area contributed by atoms with Gasteiger partial charge in [-0.3, -0.25) is 4.79 Å². The van der Waals surface area contributed by atoms with E-state index in [4.69, 9.17) is 9.94 Å². The van der Waals surface area contributed by atoms with Gasteiger partial charge in [-0.15, -0.1) is 5.48 Å². The first-order valence-corrected chi connectivity index (χ1v) is 4.67. The van der Waals surface area contributed by atoms with E-state index in [1.807, 2.05) is 0 Å². The molecule has 1 aromatic rings. The highest BCUT2D eigenvalue weighted by atomic mass is 16.7. The number of nitrogens with one attached hydrogen (secondary N) is 1. The van der Waals surface area contributed by atoms with Crippen LogP contribution in [0.15, 0.2) is 24.4 Å². The third-order valence-corrected chi connectivity index (χ3v) is 1.86. The van der Waals surface area contributed by atoms with Gasteiger partial charge in [-0.25, -0.2) is 4.98 Å². The van der Waals surface area contributed by atoms with Crippen molar-refractivity contribution < 1.29 is 14.7 Å². The van der Waals surface area contributed by atoms with Crippen LogP contribution in [0.2, 0.25) is 0 Å². The number of carbonyl (C=O) groups is 1. The molecule has 5 nitrogen and oxygen atoms in total. The Bertz CT molecular complexity index is 314. The van der Waals surface area contributed by atoms with Crippen molar-refractivity contribution in [3.8, 4) is 5.88 Å². The van der Waals surface area contributed by atoms with Crippen molar-refractivity contribution in [3.63, 3.8) is 0 Å². The van der Waals surface area contributed by atoms with Crippen LogP contribution in [0.1, 0.15) is 13.8 Å². The number of carboxylic acids is 1. The zero-order valence-electron chi connectivity index (χ0n) is 8.68. The maximum atomic E-state index is 10.8. The number of carboxylic acid groups (broad SMARTS) is 1. The molecule has 0 bridgehead atoms. The van der Waals surface area contributed by atoms with E-state index in [0.717, 1.165) is 0 Å². The largest absolute Gasteiger partial charge is 0.480 e. The fourth-order valence-corrected chi connectivity index (χ4v) is 1.00. The number of aliphatic carboxylic acids is 1. The van der Waals surface area contributed by atoms with E-state index in [2.05, 4.69) is 10.5 Å². The summed E-state index contributed by atoms with van der Waals surface area (Å²) in [4.78, 5) is 19.7. The van der Waals surface area contributed by atoms with Gasteiger partial charge in [0.05, 0.1) is 0 Å². The first kappa shape index (κ1) is 11.5. The Kier molecular flexibility index (Phi) is 4.05. The van der Waals surface area contributed by atoms with Crippen LogP contribution in [-0.2, 0) is 4.79 Å². The topological polar surface area (TPSA) is 71.5 Å². The second-order valence-electron chi connectivity index (χ2n) is 3.45. The molecule has 0 saturated carbocycles. The van der Waals surface area contributed by atoms with E-state index >= 15 is 0 Å². The second kappa shape index (κ2) is 5.31. The minimum absolute atomic E-state index is 0.0637. The quantitative estimate of drug-likeness (QED) is 0.711. The molecule has 1 rings (SSSR count). The predicted octanol–water partition coefficient (Wildman–Crippen LogP) is 1.07. The molecule has 82 valence electrons. The van der Waals surface area contributed by atoms with E-state index in [-0.39, 0.29) is 5.92 Å². The Hall–Kier alpha value is -1.62. The minimum Gasteiger partial charge on any atom is -0.480 e. The summed E-state index contributed by atoms with van der Waals surface area (Å²) < 4.78 is 0. The molecule has 0 aromatic carbocycles. The van der Waals surface area contributed by atoms with Crippen molar-refractivity contribution in [1.82, 2.24) is 10.5 Å². The molecule has 0 amide bonds. The van der Waals surface area contributed by atoms with Crippen LogP contribution in [0.5, 0.6) is 5.88 Å². The number of pyridine rings is 1. The molecule has 0 aliphatic rings. The molecule has 1 heterocycles. The van der Waals surface area contributed by atoms with Crippen LogP contribution in [0, 0.1) is 5.92 Å². The zero-order chi connectivity index (χ0) is 11.3. The minimum atomic E-state index is -0.944. The molecule has 0 saturated heterocycles. The summed E-state index contributed by atoms with van der Waals surface area (Å²) >= 11 is 0. The van der Waals surface area contributed by atoms with Gasteiger partial charge in [0.25, 0.3) is 0 Å². The third-order valence-electron chi connectivity index (χ3n) is 1.86. The van der Waals surface area contributed by atoms with Gasteiger partial charge in [-0.1, -0.05) is 19.9 Å². The summed E-state index contributed by atoms with van der Waals surface area (Å²) in [5, 5.41) is 8.86. The normalized spacial score (nSPS) is 12.5. The second-order valence-corrected chi connectivity index (χ2v) is 3.45. The summed E-state index contributed by atoms with van der Waals surface area (Å²) in [5.74, 6) is -0.656. The molecular weight excluding hydrogens is 196 g/mol. The van der Waals surface area contributed by atoms with Crippen LogP contribution in [0.4, 0.5) is 0 Å². The number of hydroxylamine groups is 1. The highest BCUT2D eigenvalue weighted by Crippen LogP contribution is 2.05. The third kappa shape index (κ3) is 3.55. The zero-order valence-corrected chi connectivity index (χ0v) is 8.68. The van der Waals surface area contributed by atoms with E-state index in [1.54, 1.807) is 38.2 Å². The van der Waals surface area contributed by atoms with Crippen molar-refractivity contribution >= 4 is 5.97 Å². The Morgan fingerprint density at radius 2 is 2.27 bits per heavy atom. The SMILES string of the molecule is CC(C)[C@H](NOc1ccccn1)C(=O)O. The summed E-state index contributed by atoms with van der Waals surface area (Å²) in [5.41, 5.74) is 2.47. The van der Waals surface area contributed by atoms with E-state index < -0.39 is 12.0 Å². The first-order chi connectivity index (χ1) is 7.11. The van der Waals surface area contributed by atoms with Crippen molar-refractivity contribution in [3.05, 3.63) is 24.4 Å². The molecule has 1 aromatic heterocycles. The van der Waals surface area contributed by atoms with Gasteiger partial charge >= 0.3 is 5.97 Å². The number of nitrogens with zero attached hydrogens (tertiary/aromatic N) is 1. The molecule has 0 spiro atoms. The van der Waals surface area contributed by atoms with Gasteiger partial charge < -0.3 is 9.94 Å². The lowest BCUT2D eigenvalue weighted by molar-refractivity contribution is -0.143. The molecule has 5 heteroatoms. The summed E-state index contributed by atoms with van der Waals surface area (Å²) in [6.45, 7) is 3.60. The van der Waals surface area contributed by atoms with Crippen molar-refractivity contribution in [2.75, 3.05) is 0 Å². The molecule has 15 heavy (non-hydrogen) atoms. The Morgan fingerprint density at radius 3 is 2.73 bits per heavy atom. The first-order valence-electron chi connectivity index (χ1n) is 4.67. The van der Waals surface area contributed by atoms with Gasteiger partial charge in [0.2, 0.25) is 5.88 Å². The Morgan fingerprint density at radius 1 is 1.53 bits per heavy atom. The molecule has 0 unspecified atom stereocenters. The maximum absolute atomic E-state index is 10.8. The highest BCUT2D eigenvalue weighted by Gasteiger charge is 2.21. The number of hydrogen-bond donors (Lipinski definition) is 2. The van der Waals surface area contributed by atoms with Gasteiger partial charge in [-0.2, -0.15) is 0 Å². The average Bonchev–Trinajstić information content (AvgIpc) is 2.18. The van der Waals surface area contributed by atoms with Gasteiger partial charge in [0.15, 0.2) is 0 Å². The lowest BCUT2D eigenvalue weighted by Crippen LogP contribution is -2.42. The van der Waals surface area contributed by atoms with Crippen LogP contribution in [0.3, 0.4) is 0 Å². The number of rotatable bonds is 5. The van der Waals surface area contributed by atoms with Crippen LogP contribution >= 0.6 is 0 Å². The van der Waals surface area contributed by atoms with E-state index in [9.17, 15) is 4.79 Å². The molecule has 0 radical (unpaired) electrons. The summed E-state index contributed by atoms with van der Waals surface area (Å²) in [6.07, 6.45) is 1.57. The van der Waals surface area contributed by atoms with Gasteiger partial charge in [-0.05, 0) is 12.0 Å². The summed E-state index contributed by atoms with van der Waals surface area (Å²) in [7, 11) is 0. The molecule has 2 N–H and O–H groups in total. The van der Waals surface area contributed by atoms with Crippen molar-refractivity contribution in [2.45, 2.75) is 19.9 Å². The fourth-order valence-electron chi connectivity index (χ4n) is 1.00. The number of aromatic nitrogens is 1. The van der Waals surface area contributed by atoms with Crippen LogP contribution < -0.4 is 10.3 Å². The van der Waals surface area contributed by atoms with Crippen molar-refractivity contribution in [2.24, 2.45) is 5.92 Å². The lowest BCUT2D eigenvalue weighted by atomic mass is 10.1. The predicted molar refractivity (Wildman–Crippen MR) is 54.3 cm³/mol. The molecule has 1 atom stereocenters. The Balaban J connectivity index is 2.51. The molecule has 0 aliphatic carbocycles. The standard InChI is InChI=1S/C10H14N2O3/c1-7(2)9(10(13)14)12-15-8-5-3-4-6-11-8/h3-7,9,12H,1-2H3,(H,13,14)/t9-/m0/s1. The van der Waals surface area contributed by atoms with Crippen molar-refractivity contribution in [1.29, 1.82) is 0 Å². The van der Waals surface area contributed by atoms with Gasteiger partial charge in [0, 0.05) is 12.3 Å². The maximum Gasteiger partial charge on any atom is 0.324 e. The average molecular weight is 210 g/mol. The smallest absolute Gasteiger partial charge is 0.324 e.